The zero-order valence-electron chi connectivity index (χ0n) is 12.0. The van der Waals surface area contributed by atoms with Crippen LogP contribution >= 0.6 is 0 Å². The number of sulfonamides is 1. The first-order chi connectivity index (χ1) is 9.82. The van der Waals surface area contributed by atoms with Crippen LogP contribution in [-0.2, 0) is 14.8 Å². The topological polar surface area (TPSA) is 115 Å². The molecule has 116 valence electrons. The molecule has 2 rings (SSSR count). The molecule has 1 aliphatic carbocycles. The van der Waals surface area contributed by atoms with E-state index in [-0.39, 0.29) is 22.6 Å². The molecule has 0 aromatic heterocycles. The molecule has 0 unspecified atom stereocenters. The molecule has 1 amide bonds. The number of hydrogen-bond acceptors (Lipinski definition) is 4. The minimum absolute atomic E-state index is 0.0297. The summed E-state index contributed by atoms with van der Waals surface area (Å²) in [5, 5.41) is 7.94. The third-order valence-corrected chi connectivity index (χ3v) is 5.11. The first kappa shape index (κ1) is 15.9. The Hall–Kier alpha value is -1.44. The lowest BCUT2D eigenvalue weighted by Gasteiger charge is -2.17. The number of anilines is 1. The summed E-state index contributed by atoms with van der Waals surface area (Å²) in [4.78, 5) is 12.3. The smallest absolute Gasteiger partial charge is 0.238 e. The molecule has 1 fully saturated rings. The molecule has 6 nitrogen and oxygen atoms in total. The fourth-order valence-electron chi connectivity index (χ4n) is 2.88. The Morgan fingerprint density at radius 1 is 1.38 bits per heavy atom. The summed E-state index contributed by atoms with van der Waals surface area (Å²) in [6, 6.07) is 4.70. The van der Waals surface area contributed by atoms with Crippen LogP contribution in [0.4, 0.5) is 5.69 Å². The van der Waals surface area contributed by atoms with Gasteiger partial charge in [0.1, 0.15) is 0 Å². The summed E-state index contributed by atoms with van der Waals surface area (Å²) < 4.78 is 23.0. The van der Waals surface area contributed by atoms with Crippen LogP contribution in [0.5, 0.6) is 0 Å². The Morgan fingerprint density at radius 3 is 2.71 bits per heavy atom. The average Bonchev–Trinajstić information content (AvgIpc) is 2.88. The van der Waals surface area contributed by atoms with Crippen molar-refractivity contribution in [3.63, 3.8) is 0 Å². The van der Waals surface area contributed by atoms with Crippen LogP contribution < -0.4 is 16.2 Å². The first-order valence-corrected chi connectivity index (χ1v) is 8.52. The molecular weight excluding hydrogens is 290 g/mol. The van der Waals surface area contributed by atoms with Gasteiger partial charge >= 0.3 is 0 Å². The molecule has 2 atom stereocenters. The van der Waals surface area contributed by atoms with Gasteiger partial charge in [0.25, 0.3) is 0 Å². The lowest BCUT2D eigenvalue weighted by molar-refractivity contribution is -0.120. The molecular formula is C14H21N3O3S. The predicted octanol–water partition coefficient (Wildman–Crippen LogP) is 0.956. The fourth-order valence-corrected chi connectivity index (χ4v) is 3.69. The normalized spacial score (nSPS) is 22.2. The zero-order chi connectivity index (χ0) is 15.6. The molecule has 0 spiro atoms. The van der Waals surface area contributed by atoms with E-state index in [0.29, 0.717) is 17.8 Å². The lowest BCUT2D eigenvalue weighted by Crippen LogP contribution is -2.29. The number of rotatable bonds is 4. The number of carbonyl (C=O) groups excluding carboxylic acids is 1. The summed E-state index contributed by atoms with van der Waals surface area (Å²) in [6.45, 7) is 2.15. The summed E-state index contributed by atoms with van der Waals surface area (Å²) in [7, 11) is -3.80. The molecule has 0 radical (unpaired) electrons. The quantitative estimate of drug-likeness (QED) is 0.768. The largest absolute Gasteiger partial charge is 0.330 e. The molecule has 0 heterocycles. The molecule has 1 aliphatic rings. The van der Waals surface area contributed by atoms with Crippen LogP contribution in [0, 0.1) is 18.8 Å². The van der Waals surface area contributed by atoms with Crippen molar-refractivity contribution in [1.82, 2.24) is 0 Å². The van der Waals surface area contributed by atoms with Crippen molar-refractivity contribution in [3.8, 4) is 0 Å². The van der Waals surface area contributed by atoms with Gasteiger partial charge in [-0.25, -0.2) is 13.6 Å². The monoisotopic (exact) mass is 311 g/mol. The highest BCUT2D eigenvalue weighted by molar-refractivity contribution is 7.89. The molecule has 0 aliphatic heterocycles. The van der Waals surface area contributed by atoms with E-state index in [1.807, 2.05) is 0 Å². The Bertz CT molecular complexity index is 643. The van der Waals surface area contributed by atoms with Gasteiger partial charge in [0.2, 0.25) is 15.9 Å². The van der Waals surface area contributed by atoms with Gasteiger partial charge in [-0.15, -0.1) is 0 Å². The molecule has 1 aromatic rings. The van der Waals surface area contributed by atoms with Gasteiger partial charge in [-0.3, -0.25) is 4.79 Å². The van der Waals surface area contributed by atoms with Crippen molar-refractivity contribution in [2.75, 3.05) is 11.9 Å². The third-order valence-electron chi connectivity index (χ3n) is 4.06. The minimum Gasteiger partial charge on any atom is -0.330 e. The van der Waals surface area contributed by atoms with Gasteiger partial charge in [0.05, 0.1) is 4.90 Å². The summed E-state index contributed by atoms with van der Waals surface area (Å²) in [6.07, 6.45) is 2.78. The second kappa shape index (κ2) is 6.13. The SMILES string of the molecule is Cc1ccc(NC(=O)[C@@H]2CCC[C@@H]2CN)cc1S(N)(=O)=O. The minimum atomic E-state index is -3.80. The van der Waals surface area contributed by atoms with Crippen LogP contribution in [0.3, 0.4) is 0 Å². The van der Waals surface area contributed by atoms with Crippen molar-refractivity contribution in [2.24, 2.45) is 22.7 Å². The highest BCUT2D eigenvalue weighted by Crippen LogP contribution is 2.32. The maximum Gasteiger partial charge on any atom is 0.238 e. The van der Waals surface area contributed by atoms with Crippen molar-refractivity contribution in [1.29, 1.82) is 0 Å². The van der Waals surface area contributed by atoms with Crippen LogP contribution in [-0.4, -0.2) is 20.9 Å². The molecule has 7 heteroatoms. The van der Waals surface area contributed by atoms with E-state index in [1.54, 1.807) is 19.1 Å². The van der Waals surface area contributed by atoms with Crippen LogP contribution in [0.1, 0.15) is 24.8 Å². The van der Waals surface area contributed by atoms with E-state index >= 15 is 0 Å². The van der Waals surface area contributed by atoms with Gasteiger partial charge in [-0.1, -0.05) is 12.5 Å². The number of amides is 1. The van der Waals surface area contributed by atoms with E-state index in [4.69, 9.17) is 10.9 Å². The summed E-state index contributed by atoms with van der Waals surface area (Å²) in [5.74, 6) is -0.00503. The molecule has 5 N–H and O–H groups in total. The second-order valence-corrected chi connectivity index (χ2v) is 7.08. The van der Waals surface area contributed by atoms with Gasteiger partial charge in [-0.05, 0) is 49.9 Å². The number of aryl methyl sites for hydroxylation is 1. The molecule has 1 saturated carbocycles. The number of hydrogen-bond donors (Lipinski definition) is 3. The highest BCUT2D eigenvalue weighted by atomic mass is 32.2. The third kappa shape index (κ3) is 3.61. The van der Waals surface area contributed by atoms with E-state index in [1.165, 1.54) is 6.07 Å². The Labute approximate surface area is 124 Å². The first-order valence-electron chi connectivity index (χ1n) is 6.97. The second-order valence-electron chi connectivity index (χ2n) is 5.55. The number of nitrogens with two attached hydrogens (primary N) is 2. The van der Waals surface area contributed by atoms with E-state index in [2.05, 4.69) is 5.32 Å². The van der Waals surface area contributed by atoms with Gasteiger partial charge in [-0.2, -0.15) is 0 Å². The van der Waals surface area contributed by atoms with Gasteiger partial charge in [0, 0.05) is 11.6 Å². The van der Waals surface area contributed by atoms with Gasteiger partial charge in [0.15, 0.2) is 0 Å². The Kier molecular flexibility index (Phi) is 4.65. The highest BCUT2D eigenvalue weighted by Gasteiger charge is 2.32. The number of benzene rings is 1. The average molecular weight is 311 g/mol. The predicted molar refractivity (Wildman–Crippen MR) is 81.1 cm³/mol. The van der Waals surface area contributed by atoms with Crippen molar-refractivity contribution >= 4 is 21.6 Å². The number of carbonyl (C=O) groups is 1. The van der Waals surface area contributed by atoms with Gasteiger partial charge < -0.3 is 11.1 Å². The van der Waals surface area contributed by atoms with Crippen molar-refractivity contribution in [3.05, 3.63) is 23.8 Å². The molecule has 21 heavy (non-hydrogen) atoms. The van der Waals surface area contributed by atoms with Crippen LogP contribution in [0.25, 0.3) is 0 Å². The standard InChI is InChI=1S/C14H21N3O3S/c1-9-5-6-11(7-13(9)21(16,19)20)17-14(18)12-4-2-3-10(12)8-15/h5-7,10,12H,2-4,8,15H2,1H3,(H,17,18)(H2,16,19,20)/t10-,12-/m1/s1. The number of primary sulfonamides is 1. The maximum atomic E-state index is 12.3. The molecule has 0 bridgehead atoms. The number of nitrogens with one attached hydrogen (secondary N) is 1. The summed E-state index contributed by atoms with van der Waals surface area (Å²) in [5.41, 5.74) is 6.67. The van der Waals surface area contributed by atoms with E-state index in [9.17, 15) is 13.2 Å². The lowest BCUT2D eigenvalue weighted by atomic mass is 9.95. The van der Waals surface area contributed by atoms with Crippen molar-refractivity contribution < 1.29 is 13.2 Å². The Balaban J connectivity index is 2.19. The maximum absolute atomic E-state index is 12.3. The van der Waals surface area contributed by atoms with E-state index < -0.39 is 10.0 Å². The van der Waals surface area contributed by atoms with Crippen LogP contribution in [0.15, 0.2) is 23.1 Å². The molecule has 0 saturated heterocycles. The van der Waals surface area contributed by atoms with E-state index in [0.717, 1.165) is 19.3 Å². The van der Waals surface area contributed by atoms with Crippen molar-refractivity contribution in [2.45, 2.75) is 31.1 Å². The zero-order valence-corrected chi connectivity index (χ0v) is 12.8. The van der Waals surface area contributed by atoms with Crippen LogP contribution in [0.2, 0.25) is 0 Å². The molecule has 1 aromatic carbocycles. The summed E-state index contributed by atoms with van der Waals surface area (Å²) >= 11 is 0. The Morgan fingerprint density at radius 2 is 2.10 bits per heavy atom. The fraction of sp³-hybridized carbons (Fsp3) is 0.500.